The Bertz CT molecular complexity index is 191. The van der Waals surface area contributed by atoms with E-state index in [0.29, 0.717) is 19.1 Å². The first-order valence-corrected chi connectivity index (χ1v) is 6.08. The summed E-state index contributed by atoms with van der Waals surface area (Å²) in [4.78, 5) is 0. The number of hydrogen-bond donors (Lipinski definition) is 1. The number of ether oxygens (including phenoxy) is 2. The molecule has 0 radical (unpaired) electrons. The van der Waals surface area contributed by atoms with Gasteiger partial charge in [-0.25, -0.2) is 0 Å². The minimum absolute atomic E-state index is 0.00933. The van der Waals surface area contributed by atoms with Crippen molar-refractivity contribution in [1.82, 2.24) is 0 Å². The molecule has 0 unspecified atom stereocenters. The summed E-state index contributed by atoms with van der Waals surface area (Å²) in [5, 5.41) is 9.19. The first-order valence-electron chi connectivity index (χ1n) is 6.08. The maximum Gasteiger partial charge on any atom is 0.160 e. The van der Waals surface area contributed by atoms with Gasteiger partial charge in [0.25, 0.3) is 0 Å². The van der Waals surface area contributed by atoms with Crippen LogP contribution in [-0.4, -0.2) is 31.2 Å². The molecule has 2 fully saturated rings. The second-order valence-corrected chi connectivity index (χ2v) is 5.36. The molecule has 0 atom stereocenters. The second kappa shape index (κ2) is 4.81. The Morgan fingerprint density at radius 2 is 1.73 bits per heavy atom. The van der Waals surface area contributed by atoms with Gasteiger partial charge in [0, 0.05) is 11.3 Å². The van der Waals surface area contributed by atoms with Crippen LogP contribution in [-0.2, 0) is 9.47 Å². The van der Waals surface area contributed by atoms with Gasteiger partial charge in [-0.2, -0.15) is 0 Å². The quantitative estimate of drug-likeness (QED) is 0.763. The van der Waals surface area contributed by atoms with Crippen molar-refractivity contribution in [2.75, 3.05) is 19.8 Å². The average molecular weight is 214 g/mol. The Morgan fingerprint density at radius 3 is 2.27 bits per heavy atom. The summed E-state index contributed by atoms with van der Waals surface area (Å²) in [6, 6.07) is 0. The third kappa shape index (κ3) is 2.71. The molecule has 2 rings (SSSR count). The van der Waals surface area contributed by atoms with Crippen LogP contribution in [0.5, 0.6) is 0 Å². The zero-order valence-corrected chi connectivity index (χ0v) is 9.58. The average Bonchev–Trinajstić information content (AvgIpc) is 2.31. The van der Waals surface area contributed by atoms with Gasteiger partial charge >= 0.3 is 0 Å². The Kier molecular flexibility index (Phi) is 3.65. The third-order valence-electron chi connectivity index (χ3n) is 3.61. The number of hydrogen-bond acceptors (Lipinski definition) is 3. The molecule has 15 heavy (non-hydrogen) atoms. The third-order valence-corrected chi connectivity index (χ3v) is 3.61. The molecular weight excluding hydrogens is 192 g/mol. The highest BCUT2D eigenvalue weighted by atomic mass is 16.7. The lowest BCUT2D eigenvalue weighted by Gasteiger charge is -2.40. The minimum Gasteiger partial charge on any atom is -0.396 e. The van der Waals surface area contributed by atoms with Crippen molar-refractivity contribution < 1.29 is 14.6 Å². The van der Waals surface area contributed by atoms with Crippen LogP contribution in [0.1, 0.15) is 39.0 Å². The summed E-state index contributed by atoms with van der Waals surface area (Å²) >= 11 is 0. The van der Waals surface area contributed by atoms with Crippen LogP contribution in [0.3, 0.4) is 0 Å². The Labute approximate surface area is 91.8 Å². The van der Waals surface area contributed by atoms with Gasteiger partial charge in [-0.3, -0.25) is 0 Å². The molecule has 1 saturated carbocycles. The van der Waals surface area contributed by atoms with E-state index in [9.17, 15) is 5.11 Å². The summed E-state index contributed by atoms with van der Waals surface area (Å²) in [7, 11) is 0. The van der Waals surface area contributed by atoms with Crippen molar-refractivity contribution in [3.63, 3.8) is 0 Å². The van der Waals surface area contributed by atoms with Crippen LogP contribution in [0.2, 0.25) is 0 Å². The zero-order chi connectivity index (χ0) is 10.7. The van der Waals surface area contributed by atoms with Crippen LogP contribution >= 0.6 is 0 Å². The molecular formula is C12H22O3. The van der Waals surface area contributed by atoms with Gasteiger partial charge < -0.3 is 14.6 Å². The van der Waals surface area contributed by atoms with Crippen LogP contribution in [0.4, 0.5) is 0 Å². The van der Waals surface area contributed by atoms with Gasteiger partial charge in [0.2, 0.25) is 0 Å². The van der Waals surface area contributed by atoms with Gasteiger partial charge in [0.15, 0.2) is 6.29 Å². The van der Waals surface area contributed by atoms with Gasteiger partial charge in [-0.15, -0.1) is 0 Å². The molecule has 1 N–H and O–H groups in total. The molecule has 1 saturated heterocycles. The molecule has 0 bridgehead atoms. The monoisotopic (exact) mass is 214 g/mol. The van der Waals surface area contributed by atoms with E-state index in [4.69, 9.17) is 9.47 Å². The van der Waals surface area contributed by atoms with Crippen LogP contribution < -0.4 is 0 Å². The number of aliphatic hydroxyl groups is 1. The highest BCUT2D eigenvalue weighted by Crippen LogP contribution is 2.33. The lowest BCUT2D eigenvalue weighted by Crippen LogP contribution is -2.45. The number of rotatable bonds is 2. The summed E-state index contributed by atoms with van der Waals surface area (Å²) in [6.07, 6.45) is 6.44. The molecule has 0 aromatic heterocycles. The highest BCUT2D eigenvalue weighted by molar-refractivity contribution is 4.79. The molecule has 0 aromatic rings. The van der Waals surface area contributed by atoms with Gasteiger partial charge in [-0.05, 0) is 12.8 Å². The van der Waals surface area contributed by atoms with Crippen LogP contribution in [0.25, 0.3) is 0 Å². The van der Waals surface area contributed by atoms with E-state index in [1.54, 1.807) is 0 Å². The molecule has 1 aliphatic heterocycles. The molecule has 0 amide bonds. The van der Waals surface area contributed by atoms with E-state index in [1.807, 2.05) is 6.92 Å². The van der Waals surface area contributed by atoms with E-state index in [1.165, 1.54) is 32.1 Å². The highest BCUT2D eigenvalue weighted by Gasteiger charge is 2.35. The lowest BCUT2D eigenvalue weighted by molar-refractivity contribution is -0.255. The molecule has 88 valence electrons. The maximum absolute atomic E-state index is 9.19. The Morgan fingerprint density at radius 1 is 1.13 bits per heavy atom. The molecule has 0 aromatic carbocycles. The minimum atomic E-state index is -0.189. The smallest absolute Gasteiger partial charge is 0.160 e. The second-order valence-electron chi connectivity index (χ2n) is 5.36. The SMILES string of the molecule is CC1(CO)COC(C2CCCCC2)OC1. The summed E-state index contributed by atoms with van der Waals surface area (Å²) < 4.78 is 11.5. The maximum atomic E-state index is 9.19. The van der Waals surface area contributed by atoms with E-state index in [2.05, 4.69) is 0 Å². The normalized spacial score (nSPS) is 39.2. The van der Waals surface area contributed by atoms with E-state index >= 15 is 0 Å². The van der Waals surface area contributed by atoms with Crippen LogP contribution in [0.15, 0.2) is 0 Å². The number of aliphatic hydroxyl groups excluding tert-OH is 1. The van der Waals surface area contributed by atoms with Gasteiger partial charge in [0.1, 0.15) is 0 Å². The fraction of sp³-hybridized carbons (Fsp3) is 1.00. The Hall–Kier alpha value is -0.120. The standard InChI is InChI=1S/C12H22O3/c1-12(7-13)8-14-11(15-9-12)10-5-3-2-4-6-10/h10-11,13H,2-9H2,1H3. The van der Waals surface area contributed by atoms with Crippen molar-refractivity contribution in [1.29, 1.82) is 0 Å². The van der Waals surface area contributed by atoms with Crippen molar-refractivity contribution in [2.24, 2.45) is 11.3 Å². The van der Waals surface area contributed by atoms with Crippen molar-refractivity contribution in [3.05, 3.63) is 0 Å². The molecule has 1 heterocycles. The fourth-order valence-corrected chi connectivity index (χ4v) is 2.43. The van der Waals surface area contributed by atoms with Crippen molar-refractivity contribution in [3.8, 4) is 0 Å². The molecule has 2 aliphatic rings. The molecule has 3 nitrogen and oxygen atoms in total. The van der Waals surface area contributed by atoms with Gasteiger partial charge in [0.05, 0.1) is 19.8 Å². The predicted octanol–water partition coefficient (Wildman–Crippen LogP) is 1.94. The fourth-order valence-electron chi connectivity index (χ4n) is 2.43. The van der Waals surface area contributed by atoms with Gasteiger partial charge in [-0.1, -0.05) is 26.2 Å². The largest absolute Gasteiger partial charge is 0.396 e. The van der Waals surface area contributed by atoms with E-state index < -0.39 is 0 Å². The molecule has 1 aliphatic carbocycles. The van der Waals surface area contributed by atoms with Crippen LogP contribution in [0, 0.1) is 11.3 Å². The first-order chi connectivity index (χ1) is 7.23. The first kappa shape index (κ1) is 11.4. The summed E-state index contributed by atoms with van der Waals surface area (Å²) in [6.45, 7) is 3.41. The lowest BCUT2D eigenvalue weighted by atomic mass is 9.87. The zero-order valence-electron chi connectivity index (χ0n) is 9.58. The predicted molar refractivity (Wildman–Crippen MR) is 57.5 cm³/mol. The van der Waals surface area contributed by atoms with E-state index in [-0.39, 0.29) is 18.3 Å². The molecule has 0 spiro atoms. The van der Waals surface area contributed by atoms with E-state index in [0.717, 1.165) is 0 Å². The Balaban J connectivity index is 1.82. The topological polar surface area (TPSA) is 38.7 Å². The van der Waals surface area contributed by atoms with Crippen molar-refractivity contribution >= 4 is 0 Å². The molecule has 3 heteroatoms. The van der Waals surface area contributed by atoms with Crippen molar-refractivity contribution in [2.45, 2.75) is 45.3 Å². The summed E-state index contributed by atoms with van der Waals surface area (Å²) in [5.41, 5.74) is -0.189. The summed E-state index contributed by atoms with van der Waals surface area (Å²) in [5.74, 6) is 0.585.